The summed E-state index contributed by atoms with van der Waals surface area (Å²) in [7, 11) is 0. The Balaban J connectivity index is 1.59. The van der Waals surface area contributed by atoms with E-state index in [-0.39, 0.29) is 23.5 Å². The number of amides is 1. The Morgan fingerprint density at radius 2 is 1.93 bits per heavy atom. The van der Waals surface area contributed by atoms with Gasteiger partial charge in [-0.25, -0.2) is 4.39 Å². The fourth-order valence-corrected chi connectivity index (χ4v) is 3.79. The summed E-state index contributed by atoms with van der Waals surface area (Å²) in [5.41, 5.74) is 0.800. The number of nitrogens with one attached hydrogen (secondary N) is 1. The highest BCUT2D eigenvalue weighted by Crippen LogP contribution is 2.28. The first-order valence-corrected chi connectivity index (χ1v) is 10.1. The molecule has 3 aromatic rings. The monoisotopic (exact) mass is 403 g/mol. The molecule has 0 saturated carbocycles. The van der Waals surface area contributed by atoms with Crippen molar-refractivity contribution in [3.8, 4) is 11.5 Å². The van der Waals surface area contributed by atoms with Crippen LogP contribution in [0.3, 0.4) is 0 Å². The third kappa shape index (κ3) is 5.83. The second-order valence-corrected chi connectivity index (χ2v) is 8.60. The van der Waals surface area contributed by atoms with Gasteiger partial charge in [0.1, 0.15) is 5.82 Å². The highest BCUT2D eigenvalue weighted by molar-refractivity contribution is 8.00. The van der Waals surface area contributed by atoms with Gasteiger partial charge in [-0.3, -0.25) is 10.1 Å². The van der Waals surface area contributed by atoms with E-state index in [0.29, 0.717) is 11.1 Å². The second kappa shape index (κ2) is 9.05. The van der Waals surface area contributed by atoms with Crippen molar-refractivity contribution in [1.29, 1.82) is 0 Å². The third-order valence-electron chi connectivity index (χ3n) is 3.31. The Hall–Kier alpha value is -2.32. The van der Waals surface area contributed by atoms with Gasteiger partial charge in [0.2, 0.25) is 11.8 Å². The zero-order valence-electron chi connectivity index (χ0n) is 14.8. The molecule has 0 bridgehead atoms. The Morgan fingerprint density at radius 1 is 1.15 bits per heavy atom. The fourth-order valence-electron chi connectivity index (χ4n) is 2.20. The van der Waals surface area contributed by atoms with Gasteiger partial charge >= 0.3 is 6.01 Å². The Bertz CT molecular complexity index is 913. The molecule has 1 heterocycles. The van der Waals surface area contributed by atoms with Crippen LogP contribution in [-0.4, -0.2) is 27.1 Å². The lowest BCUT2D eigenvalue weighted by Crippen LogP contribution is -2.14. The molecule has 3 rings (SSSR count). The predicted octanol–water partition coefficient (Wildman–Crippen LogP) is 5.11. The maximum absolute atomic E-state index is 12.9. The van der Waals surface area contributed by atoms with Crippen LogP contribution in [0.15, 0.2) is 62.7 Å². The van der Waals surface area contributed by atoms with Gasteiger partial charge in [0.15, 0.2) is 0 Å². The molecule has 27 heavy (non-hydrogen) atoms. The summed E-state index contributed by atoms with van der Waals surface area (Å²) in [5.74, 6) is -0.0754. The summed E-state index contributed by atoms with van der Waals surface area (Å²) >= 11 is 3.04. The van der Waals surface area contributed by atoms with Gasteiger partial charge < -0.3 is 4.42 Å². The van der Waals surface area contributed by atoms with Crippen molar-refractivity contribution in [2.45, 2.75) is 28.9 Å². The highest BCUT2D eigenvalue weighted by Gasteiger charge is 2.12. The molecule has 0 aliphatic heterocycles. The van der Waals surface area contributed by atoms with Gasteiger partial charge in [-0.05, 0) is 42.5 Å². The van der Waals surface area contributed by atoms with Crippen LogP contribution < -0.4 is 5.32 Å². The Kier molecular flexibility index (Phi) is 6.52. The van der Waals surface area contributed by atoms with E-state index in [9.17, 15) is 9.18 Å². The molecule has 0 spiro atoms. The van der Waals surface area contributed by atoms with E-state index in [4.69, 9.17) is 4.42 Å². The van der Waals surface area contributed by atoms with Gasteiger partial charge in [0, 0.05) is 20.6 Å². The SMILES string of the molecule is CC(C)Sc1cccc(-c2nnc(NC(=O)CSc3ccc(F)cc3)o2)c1. The van der Waals surface area contributed by atoms with Crippen LogP contribution in [0.2, 0.25) is 0 Å². The molecule has 0 unspecified atom stereocenters. The molecule has 1 aromatic heterocycles. The molecule has 0 saturated heterocycles. The molecule has 5 nitrogen and oxygen atoms in total. The van der Waals surface area contributed by atoms with E-state index in [2.05, 4.69) is 29.4 Å². The molecule has 0 aliphatic carbocycles. The van der Waals surface area contributed by atoms with Crippen LogP contribution in [0.4, 0.5) is 10.4 Å². The van der Waals surface area contributed by atoms with Gasteiger partial charge in [-0.1, -0.05) is 25.0 Å². The van der Waals surface area contributed by atoms with Crippen molar-refractivity contribution in [3.05, 3.63) is 54.3 Å². The topological polar surface area (TPSA) is 68.0 Å². The van der Waals surface area contributed by atoms with Crippen molar-refractivity contribution in [1.82, 2.24) is 10.2 Å². The highest BCUT2D eigenvalue weighted by atomic mass is 32.2. The molecular weight excluding hydrogens is 385 g/mol. The van der Waals surface area contributed by atoms with E-state index >= 15 is 0 Å². The lowest BCUT2D eigenvalue weighted by molar-refractivity contribution is -0.113. The molecule has 0 fully saturated rings. The van der Waals surface area contributed by atoms with Crippen LogP contribution >= 0.6 is 23.5 Å². The number of carbonyl (C=O) groups is 1. The zero-order valence-corrected chi connectivity index (χ0v) is 16.4. The van der Waals surface area contributed by atoms with Crippen LogP contribution in [-0.2, 0) is 4.79 Å². The van der Waals surface area contributed by atoms with E-state index in [1.54, 1.807) is 23.9 Å². The molecule has 8 heteroatoms. The quantitative estimate of drug-likeness (QED) is 0.553. The third-order valence-corrected chi connectivity index (χ3v) is 5.32. The maximum atomic E-state index is 12.9. The van der Waals surface area contributed by atoms with Crippen molar-refractivity contribution in [2.24, 2.45) is 0 Å². The predicted molar refractivity (Wildman–Crippen MR) is 106 cm³/mol. The van der Waals surface area contributed by atoms with Crippen LogP contribution in [0, 0.1) is 5.82 Å². The lowest BCUT2D eigenvalue weighted by Gasteiger charge is -2.05. The average molecular weight is 404 g/mol. The number of rotatable bonds is 7. The Morgan fingerprint density at radius 3 is 2.67 bits per heavy atom. The lowest BCUT2D eigenvalue weighted by atomic mass is 10.2. The summed E-state index contributed by atoms with van der Waals surface area (Å²) < 4.78 is 18.4. The first-order chi connectivity index (χ1) is 13.0. The first kappa shape index (κ1) is 19.4. The number of aromatic nitrogens is 2. The number of hydrogen-bond donors (Lipinski definition) is 1. The molecule has 0 aliphatic rings. The average Bonchev–Trinajstić information content (AvgIpc) is 3.09. The van der Waals surface area contributed by atoms with Crippen LogP contribution in [0.5, 0.6) is 0 Å². The van der Waals surface area contributed by atoms with Crippen molar-refractivity contribution >= 4 is 35.4 Å². The van der Waals surface area contributed by atoms with Crippen molar-refractivity contribution in [3.63, 3.8) is 0 Å². The molecule has 1 N–H and O–H groups in total. The van der Waals surface area contributed by atoms with Gasteiger partial charge in [-0.2, -0.15) is 0 Å². The summed E-state index contributed by atoms with van der Waals surface area (Å²) in [4.78, 5) is 14.0. The Labute approximate surface area is 165 Å². The van der Waals surface area contributed by atoms with Crippen LogP contribution in [0.1, 0.15) is 13.8 Å². The summed E-state index contributed by atoms with van der Waals surface area (Å²) in [6, 6.07) is 13.8. The van der Waals surface area contributed by atoms with Crippen molar-refractivity contribution < 1.29 is 13.6 Å². The maximum Gasteiger partial charge on any atom is 0.322 e. The van der Waals surface area contributed by atoms with Crippen LogP contribution in [0.25, 0.3) is 11.5 Å². The van der Waals surface area contributed by atoms with E-state index in [0.717, 1.165) is 15.4 Å². The minimum Gasteiger partial charge on any atom is -0.403 e. The molecular formula is C19H18FN3O2S2. The summed E-state index contributed by atoms with van der Waals surface area (Å²) in [6.07, 6.45) is 0. The molecule has 1 amide bonds. The molecule has 0 atom stereocenters. The second-order valence-electron chi connectivity index (χ2n) is 5.90. The minimum atomic E-state index is -0.307. The van der Waals surface area contributed by atoms with Gasteiger partial charge in [0.05, 0.1) is 5.75 Å². The number of nitrogens with zero attached hydrogens (tertiary/aromatic N) is 2. The number of carbonyl (C=O) groups excluding carboxylic acids is 1. The fraction of sp³-hybridized carbons (Fsp3) is 0.211. The minimum absolute atomic E-state index is 0.0524. The van der Waals surface area contributed by atoms with E-state index in [1.165, 1.54) is 23.9 Å². The number of thioether (sulfide) groups is 2. The summed E-state index contributed by atoms with van der Waals surface area (Å²) in [5, 5.41) is 10.9. The first-order valence-electron chi connectivity index (χ1n) is 8.28. The molecule has 140 valence electrons. The number of anilines is 1. The van der Waals surface area contributed by atoms with Crippen molar-refractivity contribution in [2.75, 3.05) is 11.1 Å². The number of benzene rings is 2. The normalized spacial score (nSPS) is 11.0. The van der Waals surface area contributed by atoms with E-state index < -0.39 is 0 Å². The summed E-state index contributed by atoms with van der Waals surface area (Å²) in [6.45, 7) is 4.25. The largest absolute Gasteiger partial charge is 0.403 e. The zero-order chi connectivity index (χ0) is 19.2. The molecule has 0 radical (unpaired) electrons. The number of hydrogen-bond acceptors (Lipinski definition) is 6. The smallest absolute Gasteiger partial charge is 0.322 e. The van der Waals surface area contributed by atoms with Gasteiger partial charge in [-0.15, -0.1) is 28.6 Å². The van der Waals surface area contributed by atoms with E-state index in [1.807, 2.05) is 24.3 Å². The molecule has 2 aromatic carbocycles. The standard InChI is InChI=1S/C19H18FN3O2S2/c1-12(2)27-16-5-3-4-13(10-16)18-22-23-19(25-18)21-17(24)11-26-15-8-6-14(20)7-9-15/h3-10,12H,11H2,1-2H3,(H,21,23,24). The number of halogens is 1. The van der Waals surface area contributed by atoms with Gasteiger partial charge in [0.25, 0.3) is 0 Å².